The smallest absolute Gasteiger partial charge is 0.0644 e. The lowest BCUT2D eigenvalue weighted by Gasteiger charge is -2.22. The molecule has 1 aromatic rings. The zero-order chi connectivity index (χ0) is 12.8. The van der Waals surface area contributed by atoms with E-state index in [-0.39, 0.29) is 6.10 Å². The molecule has 1 aromatic carbocycles. The van der Waals surface area contributed by atoms with Crippen molar-refractivity contribution in [2.45, 2.75) is 25.8 Å². The average Bonchev–Trinajstić information content (AvgIpc) is 2.28. The number of hydrogen-bond acceptors (Lipinski definition) is 2. The first-order chi connectivity index (χ1) is 8.04. The van der Waals surface area contributed by atoms with Crippen LogP contribution in [0.25, 0.3) is 0 Å². The second kappa shape index (κ2) is 7.24. The van der Waals surface area contributed by atoms with Gasteiger partial charge in [-0.2, -0.15) is 0 Å². The molecule has 0 saturated carbocycles. The maximum Gasteiger partial charge on any atom is 0.0644 e. The van der Waals surface area contributed by atoms with Crippen molar-refractivity contribution in [1.29, 1.82) is 0 Å². The number of ether oxygens (including phenoxy) is 1. The zero-order valence-corrected chi connectivity index (χ0v) is 12.9. The van der Waals surface area contributed by atoms with E-state index < -0.39 is 0 Å². The molecule has 0 bridgehead atoms. The lowest BCUT2D eigenvalue weighted by molar-refractivity contribution is 0.0846. The molecular weight excluding hydrogens is 302 g/mol. The van der Waals surface area contributed by atoms with Crippen molar-refractivity contribution < 1.29 is 4.74 Å². The molecule has 0 aliphatic heterocycles. The number of nitrogens with zero attached hydrogens (tertiary/aromatic N) is 1. The van der Waals surface area contributed by atoms with Gasteiger partial charge in [-0.05, 0) is 31.5 Å². The molecule has 4 heteroatoms. The minimum atomic E-state index is 0.276. The van der Waals surface area contributed by atoms with Crippen LogP contribution < -0.4 is 4.90 Å². The van der Waals surface area contributed by atoms with Gasteiger partial charge in [0.1, 0.15) is 0 Å². The molecule has 0 aromatic heterocycles. The summed E-state index contributed by atoms with van der Waals surface area (Å²) >= 11 is 9.42. The van der Waals surface area contributed by atoms with Gasteiger partial charge in [-0.25, -0.2) is 0 Å². The van der Waals surface area contributed by atoms with Crippen molar-refractivity contribution in [2.24, 2.45) is 0 Å². The zero-order valence-electron chi connectivity index (χ0n) is 10.5. The molecule has 0 radical (unpaired) electrons. The summed E-state index contributed by atoms with van der Waals surface area (Å²) in [7, 11) is 2.06. The number of rotatable bonds is 6. The van der Waals surface area contributed by atoms with E-state index >= 15 is 0 Å². The monoisotopic (exact) mass is 319 g/mol. The van der Waals surface area contributed by atoms with Crippen molar-refractivity contribution in [3.8, 4) is 0 Å². The summed E-state index contributed by atoms with van der Waals surface area (Å²) in [4.78, 5) is 2.17. The molecule has 17 heavy (non-hydrogen) atoms. The van der Waals surface area contributed by atoms with Gasteiger partial charge < -0.3 is 9.64 Å². The predicted molar refractivity (Wildman–Crippen MR) is 78.1 cm³/mol. The molecule has 96 valence electrons. The van der Waals surface area contributed by atoms with E-state index in [2.05, 4.69) is 33.9 Å². The van der Waals surface area contributed by atoms with E-state index in [1.807, 2.05) is 26.0 Å². The first-order valence-corrected chi connectivity index (χ1v) is 7.04. The van der Waals surface area contributed by atoms with E-state index in [1.54, 1.807) is 0 Å². The minimum absolute atomic E-state index is 0.276. The topological polar surface area (TPSA) is 12.5 Å². The number of benzene rings is 1. The second-order valence-electron chi connectivity index (χ2n) is 4.25. The van der Waals surface area contributed by atoms with Crippen molar-refractivity contribution in [3.05, 3.63) is 28.2 Å². The van der Waals surface area contributed by atoms with Crippen LogP contribution in [0.5, 0.6) is 0 Å². The highest BCUT2D eigenvalue weighted by molar-refractivity contribution is 9.10. The summed E-state index contributed by atoms with van der Waals surface area (Å²) in [5.74, 6) is 0.526. The van der Waals surface area contributed by atoms with Gasteiger partial charge in [0, 0.05) is 29.6 Å². The Morgan fingerprint density at radius 3 is 2.71 bits per heavy atom. The van der Waals surface area contributed by atoms with E-state index in [0.717, 1.165) is 28.9 Å². The number of likely N-dealkylation sites (N-methyl/N-ethyl adjacent to an activating group) is 1. The van der Waals surface area contributed by atoms with Crippen molar-refractivity contribution in [3.63, 3.8) is 0 Å². The van der Waals surface area contributed by atoms with Gasteiger partial charge in [0.05, 0.1) is 12.7 Å². The summed E-state index contributed by atoms with van der Waals surface area (Å²) in [6.45, 7) is 5.67. The fourth-order valence-corrected chi connectivity index (χ4v) is 2.13. The first kappa shape index (κ1) is 14.8. The highest BCUT2D eigenvalue weighted by atomic mass is 79.9. The molecule has 0 fully saturated rings. The van der Waals surface area contributed by atoms with Crippen LogP contribution in [0.2, 0.25) is 0 Å². The van der Waals surface area contributed by atoms with Gasteiger partial charge in [-0.15, -0.1) is 11.6 Å². The van der Waals surface area contributed by atoms with Gasteiger partial charge in [0.15, 0.2) is 0 Å². The Hall–Kier alpha value is -0.250. The summed E-state index contributed by atoms with van der Waals surface area (Å²) in [5.41, 5.74) is 2.30. The molecule has 0 aliphatic rings. The molecule has 0 saturated heterocycles. The van der Waals surface area contributed by atoms with Crippen LogP contribution in [-0.4, -0.2) is 26.3 Å². The van der Waals surface area contributed by atoms with Gasteiger partial charge in [-0.3, -0.25) is 0 Å². The highest BCUT2D eigenvalue weighted by Crippen LogP contribution is 2.25. The Morgan fingerprint density at radius 1 is 1.41 bits per heavy atom. The Bertz CT molecular complexity index is 357. The van der Waals surface area contributed by atoms with E-state index in [1.165, 1.54) is 0 Å². The Morgan fingerprint density at radius 2 is 2.12 bits per heavy atom. The number of alkyl halides is 1. The minimum Gasteiger partial charge on any atom is -0.377 e. The van der Waals surface area contributed by atoms with Crippen LogP contribution in [0.15, 0.2) is 22.7 Å². The fraction of sp³-hybridized carbons (Fsp3) is 0.538. The van der Waals surface area contributed by atoms with Gasteiger partial charge in [0.25, 0.3) is 0 Å². The molecule has 0 amide bonds. The van der Waals surface area contributed by atoms with Crippen LogP contribution in [0.1, 0.15) is 19.4 Å². The molecule has 0 spiro atoms. The molecule has 0 N–H and O–H groups in total. The molecular formula is C13H19BrClNO. The molecule has 0 aliphatic carbocycles. The third-order valence-corrected chi connectivity index (χ3v) is 3.26. The largest absolute Gasteiger partial charge is 0.377 e. The van der Waals surface area contributed by atoms with Crippen LogP contribution in [0, 0.1) is 0 Å². The van der Waals surface area contributed by atoms with Crippen LogP contribution in [-0.2, 0) is 10.6 Å². The van der Waals surface area contributed by atoms with Gasteiger partial charge in [-0.1, -0.05) is 22.0 Å². The van der Waals surface area contributed by atoms with Crippen LogP contribution >= 0.6 is 27.5 Å². The molecule has 2 nitrogen and oxygen atoms in total. The molecule has 0 heterocycles. The van der Waals surface area contributed by atoms with Crippen molar-refractivity contribution >= 4 is 33.2 Å². The number of anilines is 1. The Labute approximate surface area is 117 Å². The Balaban J connectivity index is 2.66. The standard InChI is InChI=1S/C13H19BrClNO/c1-10(2)17-7-6-16(3)13-8-12(14)5-4-11(13)9-15/h4-5,8,10H,6-7,9H2,1-3H3. The quantitative estimate of drug-likeness (QED) is 0.733. The predicted octanol–water partition coefficient (Wildman–Crippen LogP) is 4.05. The molecule has 0 unspecified atom stereocenters. The normalized spacial score (nSPS) is 10.9. The third kappa shape index (κ3) is 4.86. The van der Waals surface area contributed by atoms with E-state index in [0.29, 0.717) is 5.88 Å². The van der Waals surface area contributed by atoms with E-state index in [4.69, 9.17) is 16.3 Å². The highest BCUT2D eigenvalue weighted by Gasteiger charge is 2.07. The number of halogens is 2. The van der Waals surface area contributed by atoms with Gasteiger partial charge >= 0.3 is 0 Å². The second-order valence-corrected chi connectivity index (χ2v) is 5.43. The van der Waals surface area contributed by atoms with Crippen molar-refractivity contribution in [2.75, 3.05) is 25.1 Å². The third-order valence-electron chi connectivity index (χ3n) is 2.48. The summed E-state index contributed by atoms with van der Waals surface area (Å²) in [5, 5.41) is 0. The molecule has 0 atom stereocenters. The SMILES string of the molecule is CC(C)OCCN(C)c1cc(Br)ccc1CCl. The lowest BCUT2D eigenvalue weighted by atomic mass is 10.2. The van der Waals surface area contributed by atoms with Crippen LogP contribution in [0.4, 0.5) is 5.69 Å². The van der Waals surface area contributed by atoms with Gasteiger partial charge in [0.2, 0.25) is 0 Å². The summed E-state index contributed by atoms with van der Waals surface area (Å²) in [6, 6.07) is 6.15. The van der Waals surface area contributed by atoms with Crippen LogP contribution in [0.3, 0.4) is 0 Å². The maximum atomic E-state index is 5.94. The average molecular weight is 321 g/mol. The first-order valence-electron chi connectivity index (χ1n) is 5.71. The number of hydrogen-bond donors (Lipinski definition) is 0. The van der Waals surface area contributed by atoms with Crippen molar-refractivity contribution in [1.82, 2.24) is 0 Å². The Kier molecular flexibility index (Phi) is 6.31. The van der Waals surface area contributed by atoms with E-state index in [9.17, 15) is 0 Å². The maximum absolute atomic E-state index is 5.94. The summed E-state index contributed by atoms with van der Waals surface area (Å²) < 4.78 is 6.62. The fourth-order valence-electron chi connectivity index (χ4n) is 1.55. The molecule has 1 rings (SSSR count). The lowest BCUT2D eigenvalue weighted by Crippen LogP contribution is -2.24. The summed E-state index contributed by atoms with van der Waals surface area (Å²) in [6.07, 6.45) is 0.276.